The number of methoxy groups -OCH3 is 1. The van der Waals surface area contributed by atoms with Crippen molar-refractivity contribution in [1.29, 1.82) is 0 Å². The molecule has 0 spiro atoms. The molecule has 5 rings (SSSR count). The van der Waals surface area contributed by atoms with Gasteiger partial charge in [0.05, 0.1) is 33.3 Å². The number of anilines is 1. The summed E-state index contributed by atoms with van der Waals surface area (Å²) in [7, 11) is 1.50. The second kappa shape index (κ2) is 10.2. The summed E-state index contributed by atoms with van der Waals surface area (Å²) in [6.07, 6.45) is 4.89. The van der Waals surface area contributed by atoms with Gasteiger partial charge in [0.15, 0.2) is 0 Å². The quantitative estimate of drug-likeness (QED) is 0.210. The number of hydrogen-bond acceptors (Lipinski definition) is 8. The minimum atomic E-state index is -0.394. The molecule has 0 saturated heterocycles. The number of nitrogens with zero attached hydrogens (tertiary/aromatic N) is 6. The molecule has 0 aliphatic rings. The van der Waals surface area contributed by atoms with Gasteiger partial charge in [0, 0.05) is 24.2 Å². The van der Waals surface area contributed by atoms with Gasteiger partial charge >= 0.3 is 6.01 Å². The second-order valence-corrected chi connectivity index (χ2v) is 9.31. The molecule has 0 saturated carbocycles. The number of fused-ring (bicyclic) bond motifs is 1. The van der Waals surface area contributed by atoms with Crippen molar-refractivity contribution in [3.63, 3.8) is 0 Å². The molecular formula is C25H19ClIN7O2. The zero-order valence-electron chi connectivity index (χ0n) is 19.2. The lowest BCUT2D eigenvalue weighted by Crippen LogP contribution is -2.28. The van der Waals surface area contributed by atoms with E-state index in [1.165, 1.54) is 7.11 Å². The van der Waals surface area contributed by atoms with E-state index in [9.17, 15) is 4.79 Å². The molecule has 1 N–H and O–H groups in total. The highest BCUT2D eigenvalue weighted by atomic mass is 127. The molecule has 0 bridgehead atoms. The largest absolute Gasteiger partial charge is 0.467 e. The third-order valence-electron chi connectivity index (χ3n) is 5.51. The van der Waals surface area contributed by atoms with E-state index in [0.717, 1.165) is 3.57 Å². The summed E-state index contributed by atoms with van der Waals surface area (Å²) in [4.78, 5) is 35.8. The molecule has 9 nitrogen and oxygen atoms in total. The Morgan fingerprint density at radius 3 is 2.47 bits per heavy atom. The van der Waals surface area contributed by atoms with Crippen LogP contribution in [-0.4, -0.2) is 36.6 Å². The SMILES string of the molecule is COc1ncc(-c2cccc3nc([C@H](C)Nc4nc(Cl)ncc4I)n(-c4ccccc4)c(=O)c23)cn1. The maximum Gasteiger partial charge on any atom is 0.316 e. The number of hydrogen-bond donors (Lipinski definition) is 1. The van der Waals surface area contributed by atoms with Gasteiger partial charge in [0.1, 0.15) is 11.6 Å². The third kappa shape index (κ3) is 4.61. The Balaban J connectivity index is 1.73. The van der Waals surface area contributed by atoms with Gasteiger partial charge in [0.25, 0.3) is 5.56 Å². The number of halogens is 2. The molecule has 3 heterocycles. The monoisotopic (exact) mass is 611 g/mol. The van der Waals surface area contributed by atoms with Crippen LogP contribution < -0.4 is 15.6 Å². The van der Waals surface area contributed by atoms with Crippen LogP contribution in [0.2, 0.25) is 5.28 Å². The van der Waals surface area contributed by atoms with Crippen LogP contribution in [0.4, 0.5) is 5.82 Å². The Kier molecular flexibility index (Phi) is 6.79. The van der Waals surface area contributed by atoms with Crippen LogP contribution in [0.5, 0.6) is 6.01 Å². The van der Waals surface area contributed by atoms with Crippen molar-refractivity contribution in [2.75, 3.05) is 12.4 Å². The van der Waals surface area contributed by atoms with E-state index in [4.69, 9.17) is 21.3 Å². The Morgan fingerprint density at radius 2 is 1.75 bits per heavy atom. The van der Waals surface area contributed by atoms with Crippen molar-refractivity contribution in [3.8, 4) is 22.8 Å². The van der Waals surface area contributed by atoms with E-state index >= 15 is 0 Å². The molecule has 1 atom stereocenters. The maximum absolute atomic E-state index is 14.1. The molecular weight excluding hydrogens is 593 g/mol. The van der Waals surface area contributed by atoms with Crippen LogP contribution in [-0.2, 0) is 0 Å². The highest BCUT2D eigenvalue weighted by Gasteiger charge is 2.21. The minimum Gasteiger partial charge on any atom is -0.467 e. The molecule has 3 aromatic heterocycles. The zero-order chi connectivity index (χ0) is 25.2. The molecule has 0 aliphatic carbocycles. The first-order valence-corrected chi connectivity index (χ1v) is 12.3. The molecule has 5 aromatic rings. The van der Waals surface area contributed by atoms with Crippen LogP contribution in [0.15, 0.2) is 71.9 Å². The van der Waals surface area contributed by atoms with Crippen molar-refractivity contribution in [2.24, 2.45) is 0 Å². The van der Waals surface area contributed by atoms with E-state index in [1.54, 1.807) is 23.2 Å². The van der Waals surface area contributed by atoms with E-state index in [-0.39, 0.29) is 16.9 Å². The van der Waals surface area contributed by atoms with Gasteiger partial charge in [0.2, 0.25) is 5.28 Å². The number of rotatable bonds is 6. The zero-order valence-corrected chi connectivity index (χ0v) is 22.1. The smallest absolute Gasteiger partial charge is 0.316 e. The molecule has 180 valence electrons. The fraction of sp³-hybridized carbons (Fsp3) is 0.120. The van der Waals surface area contributed by atoms with Crippen LogP contribution in [0.3, 0.4) is 0 Å². The lowest BCUT2D eigenvalue weighted by atomic mass is 10.0. The van der Waals surface area contributed by atoms with Gasteiger partial charge in [-0.2, -0.15) is 4.98 Å². The molecule has 36 heavy (non-hydrogen) atoms. The first-order valence-electron chi connectivity index (χ1n) is 10.9. The molecule has 2 aromatic carbocycles. The molecule has 0 radical (unpaired) electrons. The standard InChI is InChI=1S/C25H19ClIN7O2/c1-14(31-21-18(27)13-28-24(26)33-21)22-32-19-10-6-9-17(15-11-29-25(36-2)30-12-15)20(19)23(35)34(22)16-7-4-3-5-8-16/h3-14H,1-2H3,(H,28,31,33)/t14-/m0/s1. The van der Waals surface area contributed by atoms with Crippen molar-refractivity contribution in [1.82, 2.24) is 29.5 Å². The van der Waals surface area contributed by atoms with E-state index in [0.29, 0.717) is 39.4 Å². The van der Waals surface area contributed by atoms with E-state index in [1.807, 2.05) is 55.5 Å². The molecule has 0 unspecified atom stereocenters. The van der Waals surface area contributed by atoms with E-state index in [2.05, 4.69) is 47.8 Å². The average molecular weight is 612 g/mol. The lowest BCUT2D eigenvalue weighted by Gasteiger charge is -2.21. The fourth-order valence-electron chi connectivity index (χ4n) is 3.88. The summed E-state index contributed by atoms with van der Waals surface area (Å²) in [6, 6.07) is 14.8. The first kappa shape index (κ1) is 24.1. The normalized spacial score (nSPS) is 11.9. The predicted octanol–water partition coefficient (Wildman–Crippen LogP) is 5.07. The van der Waals surface area contributed by atoms with Gasteiger partial charge in [-0.05, 0) is 64.9 Å². The Bertz CT molecular complexity index is 1610. The molecule has 11 heteroatoms. The van der Waals surface area contributed by atoms with Crippen molar-refractivity contribution < 1.29 is 4.74 Å². The topological polar surface area (TPSA) is 108 Å². The number of ether oxygens (including phenoxy) is 1. The minimum absolute atomic E-state index is 0.128. The highest BCUT2D eigenvalue weighted by molar-refractivity contribution is 14.1. The second-order valence-electron chi connectivity index (χ2n) is 7.81. The number of aromatic nitrogens is 6. The highest BCUT2D eigenvalue weighted by Crippen LogP contribution is 2.28. The summed E-state index contributed by atoms with van der Waals surface area (Å²) in [5, 5.41) is 3.92. The predicted molar refractivity (Wildman–Crippen MR) is 147 cm³/mol. The summed E-state index contributed by atoms with van der Waals surface area (Å²) >= 11 is 8.15. The van der Waals surface area contributed by atoms with Gasteiger partial charge in [-0.15, -0.1) is 0 Å². The van der Waals surface area contributed by atoms with Gasteiger partial charge in [-0.25, -0.2) is 19.9 Å². The van der Waals surface area contributed by atoms with Gasteiger partial charge in [-0.1, -0.05) is 30.3 Å². The first-order chi connectivity index (χ1) is 17.5. The number of para-hydroxylation sites is 1. The number of benzene rings is 2. The number of nitrogens with one attached hydrogen (secondary N) is 1. The fourth-order valence-corrected chi connectivity index (χ4v) is 4.43. The van der Waals surface area contributed by atoms with Gasteiger partial charge < -0.3 is 10.1 Å². The third-order valence-corrected chi connectivity index (χ3v) is 6.49. The summed E-state index contributed by atoms with van der Waals surface area (Å²) in [5.74, 6) is 1.08. The average Bonchev–Trinajstić information content (AvgIpc) is 2.90. The molecule has 0 aliphatic heterocycles. The van der Waals surface area contributed by atoms with Crippen LogP contribution in [0, 0.1) is 3.57 Å². The Hall–Kier alpha value is -3.64. The van der Waals surface area contributed by atoms with Crippen molar-refractivity contribution in [2.45, 2.75) is 13.0 Å². The maximum atomic E-state index is 14.1. The molecule has 0 fully saturated rings. The van der Waals surface area contributed by atoms with Crippen molar-refractivity contribution in [3.05, 3.63) is 92.2 Å². The summed E-state index contributed by atoms with van der Waals surface area (Å²) in [6.45, 7) is 1.92. The van der Waals surface area contributed by atoms with Crippen molar-refractivity contribution >= 4 is 50.9 Å². The van der Waals surface area contributed by atoms with Crippen LogP contribution >= 0.6 is 34.2 Å². The lowest BCUT2D eigenvalue weighted by molar-refractivity contribution is 0.380. The summed E-state index contributed by atoms with van der Waals surface area (Å²) in [5.41, 5.74) is 2.40. The summed E-state index contributed by atoms with van der Waals surface area (Å²) < 4.78 is 7.48. The Labute approximate surface area is 224 Å². The van der Waals surface area contributed by atoms with Crippen LogP contribution in [0.25, 0.3) is 27.7 Å². The van der Waals surface area contributed by atoms with E-state index < -0.39 is 6.04 Å². The van der Waals surface area contributed by atoms with Gasteiger partial charge in [-0.3, -0.25) is 9.36 Å². The Morgan fingerprint density at radius 1 is 1.00 bits per heavy atom. The van der Waals surface area contributed by atoms with Crippen LogP contribution in [0.1, 0.15) is 18.8 Å². The molecule has 0 amide bonds.